The predicted octanol–water partition coefficient (Wildman–Crippen LogP) is 1.000. The van der Waals surface area contributed by atoms with Gasteiger partial charge in [-0.2, -0.15) is 5.10 Å². The fourth-order valence-electron chi connectivity index (χ4n) is 1.09. The van der Waals surface area contributed by atoms with E-state index < -0.39 is 0 Å². The fraction of sp³-hybridized carbons (Fsp3) is 0.182. The number of hydrogen-bond acceptors (Lipinski definition) is 4. The molecule has 4 heteroatoms. The SMILES string of the molecule is C#CCOc1cc(C=NN)ccc1OC. The van der Waals surface area contributed by atoms with Gasteiger partial charge >= 0.3 is 0 Å². The van der Waals surface area contributed by atoms with Crippen molar-refractivity contribution in [2.24, 2.45) is 10.9 Å². The molecule has 0 bridgehead atoms. The van der Waals surface area contributed by atoms with E-state index in [9.17, 15) is 0 Å². The number of methoxy groups -OCH3 is 1. The minimum absolute atomic E-state index is 0.194. The fourth-order valence-corrected chi connectivity index (χ4v) is 1.09. The van der Waals surface area contributed by atoms with Gasteiger partial charge < -0.3 is 15.3 Å². The molecule has 0 amide bonds. The van der Waals surface area contributed by atoms with Gasteiger partial charge in [-0.3, -0.25) is 0 Å². The van der Waals surface area contributed by atoms with Crippen LogP contribution in [0.15, 0.2) is 23.3 Å². The van der Waals surface area contributed by atoms with Crippen molar-refractivity contribution in [1.82, 2.24) is 0 Å². The van der Waals surface area contributed by atoms with Crippen LogP contribution >= 0.6 is 0 Å². The van der Waals surface area contributed by atoms with Gasteiger partial charge in [-0.1, -0.05) is 5.92 Å². The van der Waals surface area contributed by atoms with Gasteiger partial charge in [0.05, 0.1) is 13.3 Å². The van der Waals surface area contributed by atoms with Crippen LogP contribution in [0.4, 0.5) is 0 Å². The molecule has 0 heterocycles. The van der Waals surface area contributed by atoms with Crippen molar-refractivity contribution >= 4 is 6.21 Å². The van der Waals surface area contributed by atoms with E-state index >= 15 is 0 Å². The number of hydrazone groups is 1. The Balaban J connectivity index is 2.97. The lowest BCUT2D eigenvalue weighted by Crippen LogP contribution is -1.98. The highest BCUT2D eigenvalue weighted by Gasteiger charge is 2.03. The summed E-state index contributed by atoms with van der Waals surface area (Å²) in [4.78, 5) is 0. The van der Waals surface area contributed by atoms with Crippen LogP contribution in [0.1, 0.15) is 5.56 Å². The molecule has 0 saturated heterocycles. The van der Waals surface area contributed by atoms with Crippen LogP contribution in [0.25, 0.3) is 0 Å². The van der Waals surface area contributed by atoms with Gasteiger partial charge in [-0.15, -0.1) is 6.42 Å². The molecule has 0 aliphatic carbocycles. The van der Waals surface area contributed by atoms with E-state index in [1.807, 2.05) is 6.07 Å². The first-order chi connectivity index (χ1) is 7.31. The summed E-state index contributed by atoms with van der Waals surface area (Å²) in [6, 6.07) is 5.34. The van der Waals surface area contributed by atoms with Crippen LogP contribution in [0.5, 0.6) is 11.5 Å². The number of ether oxygens (including phenoxy) is 2. The Hall–Kier alpha value is -2.15. The summed E-state index contributed by atoms with van der Waals surface area (Å²) in [6.45, 7) is 0.194. The highest BCUT2D eigenvalue weighted by molar-refractivity contribution is 5.80. The average molecular weight is 204 g/mol. The summed E-state index contributed by atoms with van der Waals surface area (Å²) in [5.74, 6) is 8.63. The monoisotopic (exact) mass is 204 g/mol. The smallest absolute Gasteiger partial charge is 0.163 e. The molecule has 0 aromatic heterocycles. The van der Waals surface area contributed by atoms with Crippen molar-refractivity contribution in [2.45, 2.75) is 0 Å². The maximum Gasteiger partial charge on any atom is 0.163 e. The Morgan fingerprint density at radius 2 is 2.33 bits per heavy atom. The van der Waals surface area contributed by atoms with E-state index in [4.69, 9.17) is 21.7 Å². The van der Waals surface area contributed by atoms with Crippen LogP contribution in [0, 0.1) is 12.3 Å². The van der Waals surface area contributed by atoms with Crippen LogP contribution < -0.4 is 15.3 Å². The second kappa shape index (κ2) is 5.55. The molecule has 0 fully saturated rings. The van der Waals surface area contributed by atoms with E-state index in [1.54, 1.807) is 19.2 Å². The van der Waals surface area contributed by atoms with E-state index in [2.05, 4.69) is 11.0 Å². The first-order valence-electron chi connectivity index (χ1n) is 4.29. The van der Waals surface area contributed by atoms with Gasteiger partial charge in [0.2, 0.25) is 0 Å². The second-order valence-electron chi connectivity index (χ2n) is 2.68. The molecule has 1 rings (SSSR count). The van der Waals surface area contributed by atoms with E-state index in [1.165, 1.54) is 6.21 Å². The molecular formula is C11H12N2O2. The molecule has 0 saturated carbocycles. The molecule has 1 aromatic rings. The zero-order valence-electron chi connectivity index (χ0n) is 8.43. The molecule has 1 aromatic carbocycles. The Morgan fingerprint density at radius 3 is 2.93 bits per heavy atom. The van der Waals surface area contributed by atoms with Crippen LogP contribution in [-0.4, -0.2) is 19.9 Å². The molecule has 15 heavy (non-hydrogen) atoms. The van der Waals surface area contributed by atoms with E-state index in [-0.39, 0.29) is 6.61 Å². The lowest BCUT2D eigenvalue weighted by atomic mass is 10.2. The third-order valence-corrected chi connectivity index (χ3v) is 1.72. The largest absolute Gasteiger partial charge is 0.493 e. The van der Waals surface area contributed by atoms with Gasteiger partial charge in [0.1, 0.15) is 6.61 Å². The van der Waals surface area contributed by atoms with E-state index in [0.717, 1.165) is 5.56 Å². The molecule has 78 valence electrons. The summed E-state index contributed by atoms with van der Waals surface area (Å²) in [5, 5.41) is 3.42. The molecular weight excluding hydrogens is 192 g/mol. The highest BCUT2D eigenvalue weighted by Crippen LogP contribution is 2.27. The number of nitrogens with zero attached hydrogens (tertiary/aromatic N) is 1. The van der Waals surface area contributed by atoms with Crippen LogP contribution in [-0.2, 0) is 0 Å². The second-order valence-corrected chi connectivity index (χ2v) is 2.68. The molecule has 0 radical (unpaired) electrons. The van der Waals surface area contributed by atoms with Gasteiger partial charge in [-0.05, 0) is 23.8 Å². The molecule has 0 aliphatic rings. The number of benzene rings is 1. The summed E-state index contributed by atoms with van der Waals surface area (Å²) in [7, 11) is 1.56. The Morgan fingerprint density at radius 1 is 1.53 bits per heavy atom. The van der Waals surface area contributed by atoms with Gasteiger partial charge in [0.25, 0.3) is 0 Å². The Kier molecular flexibility index (Phi) is 4.05. The normalized spacial score (nSPS) is 9.87. The summed E-state index contributed by atoms with van der Waals surface area (Å²) in [5.41, 5.74) is 0.824. The van der Waals surface area contributed by atoms with Gasteiger partial charge in [-0.25, -0.2) is 0 Å². The molecule has 0 unspecified atom stereocenters. The topological polar surface area (TPSA) is 56.8 Å². The number of rotatable bonds is 4. The minimum Gasteiger partial charge on any atom is -0.493 e. The van der Waals surface area contributed by atoms with Crippen molar-refractivity contribution in [3.63, 3.8) is 0 Å². The average Bonchev–Trinajstić information content (AvgIpc) is 2.27. The standard InChI is InChI=1S/C11H12N2O2/c1-3-6-15-11-7-9(8-13-12)4-5-10(11)14-2/h1,4-5,7-8H,6,12H2,2H3. The zero-order chi connectivity index (χ0) is 11.1. The maximum absolute atomic E-state index is 5.30. The van der Waals surface area contributed by atoms with Crippen LogP contribution in [0.2, 0.25) is 0 Å². The first-order valence-corrected chi connectivity index (χ1v) is 4.29. The lowest BCUT2D eigenvalue weighted by Gasteiger charge is -2.08. The summed E-state index contributed by atoms with van der Waals surface area (Å²) >= 11 is 0. The zero-order valence-corrected chi connectivity index (χ0v) is 8.43. The van der Waals surface area contributed by atoms with Gasteiger partial charge in [0.15, 0.2) is 11.5 Å². The summed E-state index contributed by atoms with van der Waals surface area (Å²) in [6.07, 6.45) is 6.62. The minimum atomic E-state index is 0.194. The third-order valence-electron chi connectivity index (χ3n) is 1.72. The van der Waals surface area contributed by atoms with Crippen molar-refractivity contribution in [1.29, 1.82) is 0 Å². The number of hydrogen-bond donors (Lipinski definition) is 1. The van der Waals surface area contributed by atoms with Crippen molar-refractivity contribution < 1.29 is 9.47 Å². The molecule has 4 nitrogen and oxygen atoms in total. The Bertz CT molecular complexity index is 394. The molecule has 2 N–H and O–H groups in total. The quantitative estimate of drug-likeness (QED) is 0.344. The maximum atomic E-state index is 5.30. The molecule has 0 aliphatic heterocycles. The van der Waals surface area contributed by atoms with Crippen molar-refractivity contribution in [2.75, 3.05) is 13.7 Å². The Labute approximate surface area is 88.7 Å². The van der Waals surface area contributed by atoms with E-state index in [0.29, 0.717) is 11.5 Å². The number of nitrogens with two attached hydrogens (primary N) is 1. The number of terminal acetylenes is 1. The van der Waals surface area contributed by atoms with Gasteiger partial charge in [0, 0.05) is 0 Å². The van der Waals surface area contributed by atoms with Crippen LogP contribution in [0.3, 0.4) is 0 Å². The first kappa shape index (κ1) is 10.9. The van der Waals surface area contributed by atoms with Crippen molar-refractivity contribution in [3.05, 3.63) is 23.8 Å². The summed E-state index contributed by atoms with van der Waals surface area (Å²) < 4.78 is 10.4. The molecule has 0 atom stereocenters. The third kappa shape index (κ3) is 2.92. The highest BCUT2D eigenvalue weighted by atomic mass is 16.5. The molecule has 0 spiro atoms. The predicted molar refractivity (Wildman–Crippen MR) is 59.1 cm³/mol. The lowest BCUT2D eigenvalue weighted by molar-refractivity contribution is 0.331. The van der Waals surface area contributed by atoms with Crippen molar-refractivity contribution in [3.8, 4) is 23.8 Å².